The van der Waals surface area contributed by atoms with E-state index in [4.69, 9.17) is 4.18 Å². The van der Waals surface area contributed by atoms with Crippen LogP contribution in [0.2, 0.25) is 0 Å². The number of nitrogens with zero attached hydrogens (tertiary/aromatic N) is 1. The molecule has 1 heterocycles. The van der Waals surface area contributed by atoms with Gasteiger partial charge in [0.15, 0.2) is 0 Å². The third-order valence-corrected chi connectivity index (χ3v) is 3.94. The Morgan fingerprint density at radius 3 is 2.61 bits per heavy atom. The van der Waals surface area contributed by atoms with Crippen LogP contribution in [0.15, 0.2) is 30.3 Å². The molecule has 100 valence electrons. The molecule has 2 rings (SSSR count). The molecule has 0 bridgehead atoms. The summed E-state index contributed by atoms with van der Waals surface area (Å²) >= 11 is 0. The molecule has 1 fully saturated rings. The lowest BCUT2D eigenvalue weighted by Gasteiger charge is -2.23. The van der Waals surface area contributed by atoms with Crippen LogP contribution in [0.5, 0.6) is 0 Å². The highest BCUT2D eigenvalue weighted by molar-refractivity contribution is 7.86. The lowest BCUT2D eigenvalue weighted by Crippen LogP contribution is -2.34. The maximum atomic E-state index is 11.2. The molecule has 18 heavy (non-hydrogen) atoms. The fraction of sp³-hybridized carbons (Fsp3) is 0.538. The van der Waals surface area contributed by atoms with Gasteiger partial charge in [-0.15, -0.1) is 0 Å². The fourth-order valence-electron chi connectivity index (χ4n) is 2.37. The summed E-state index contributed by atoms with van der Waals surface area (Å²) in [5, 5.41) is 0. The molecule has 0 aliphatic carbocycles. The SMILES string of the molecule is C[C@@H]1[C@@H](OS(C)(=O)=O)CCN1Cc1ccccc1. The van der Waals surface area contributed by atoms with Crippen molar-refractivity contribution in [3.63, 3.8) is 0 Å². The minimum atomic E-state index is -3.36. The van der Waals surface area contributed by atoms with Crippen molar-refractivity contribution in [1.82, 2.24) is 4.90 Å². The first-order chi connectivity index (χ1) is 8.46. The van der Waals surface area contributed by atoms with E-state index >= 15 is 0 Å². The van der Waals surface area contributed by atoms with Crippen molar-refractivity contribution < 1.29 is 12.6 Å². The Balaban J connectivity index is 1.97. The largest absolute Gasteiger partial charge is 0.294 e. The van der Waals surface area contributed by atoms with Gasteiger partial charge in [-0.25, -0.2) is 0 Å². The molecule has 1 aliphatic rings. The summed E-state index contributed by atoms with van der Waals surface area (Å²) in [7, 11) is -3.36. The van der Waals surface area contributed by atoms with Gasteiger partial charge in [0.1, 0.15) is 0 Å². The van der Waals surface area contributed by atoms with E-state index in [-0.39, 0.29) is 12.1 Å². The zero-order chi connectivity index (χ0) is 13.2. The smallest absolute Gasteiger partial charge is 0.264 e. The molecular weight excluding hydrogens is 250 g/mol. The van der Waals surface area contributed by atoms with Gasteiger partial charge in [-0.1, -0.05) is 30.3 Å². The molecule has 1 aromatic rings. The predicted molar refractivity (Wildman–Crippen MR) is 70.6 cm³/mol. The van der Waals surface area contributed by atoms with Crippen molar-refractivity contribution in [2.75, 3.05) is 12.8 Å². The minimum absolute atomic E-state index is 0.125. The van der Waals surface area contributed by atoms with Gasteiger partial charge in [0, 0.05) is 19.1 Å². The van der Waals surface area contributed by atoms with Crippen molar-refractivity contribution in [3.05, 3.63) is 35.9 Å². The van der Waals surface area contributed by atoms with E-state index in [0.717, 1.165) is 25.8 Å². The van der Waals surface area contributed by atoms with Gasteiger partial charge in [0.25, 0.3) is 10.1 Å². The number of likely N-dealkylation sites (tertiary alicyclic amines) is 1. The topological polar surface area (TPSA) is 46.6 Å². The summed E-state index contributed by atoms with van der Waals surface area (Å²) < 4.78 is 27.4. The number of hydrogen-bond acceptors (Lipinski definition) is 4. The van der Waals surface area contributed by atoms with Crippen molar-refractivity contribution >= 4 is 10.1 Å². The van der Waals surface area contributed by atoms with Crippen LogP contribution < -0.4 is 0 Å². The minimum Gasteiger partial charge on any atom is -0.294 e. The molecule has 0 amide bonds. The Morgan fingerprint density at radius 1 is 1.33 bits per heavy atom. The second-order valence-electron chi connectivity index (χ2n) is 4.82. The third-order valence-electron chi connectivity index (χ3n) is 3.34. The van der Waals surface area contributed by atoms with Crippen LogP contribution >= 0.6 is 0 Å². The zero-order valence-electron chi connectivity index (χ0n) is 10.7. The standard InChI is InChI=1S/C13H19NO3S/c1-11-13(17-18(2,15)16)8-9-14(11)10-12-6-4-3-5-7-12/h3-7,11,13H,8-10H2,1-2H3/t11-,13+/m1/s1. The van der Waals surface area contributed by atoms with E-state index in [0.29, 0.717) is 0 Å². The maximum absolute atomic E-state index is 11.2. The van der Waals surface area contributed by atoms with Crippen LogP contribution in [0, 0.1) is 0 Å². The molecule has 2 atom stereocenters. The van der Waals surface area contributed by atoms with Gasteiger partial charge in [-0.3, -0.25) is 9.08 Å². The first-order valence-corrected chi connectivity index (χ1v) is 7.93. The Kier molecular flexibility index (Phi) is 4.04. The van der Waals surface area contributed by atoms with Gasteiger partial charge in [0.05, 0.1) is 12.4 Å². The van der Waals surface area contributed by atoms with E-state index in [1.807, 2.05) is 25.1 Å². The molecule has 0 N–H and O–H groups in total. The number of rotatable bonds is 4. The first kappa shape index (κ1) is 13.5. The van der Waals surface area contributed by atoms with Gasteiger partial charge in [0.2, 0.25) is 0 Å². The molecule has 0 spiro atoms. The average molecular weight is 269 g/mol. The number of hydrogen-bond donors (Lipinski definition) is 0. The van der Waals surface area contributed by atoms with Crippen LogP contribution in [0.1, 0.15) is 18.9 Å². The molecule has 5 heteroatoms. The predicted octanol–water partition coefficient (Wildman–Crippen LogP) is 1.63. The summed E-state index contributed by atoms with van der Waals surface area (Å²) in [6.07, 6.45) is 1.66. The summed E-state index contributed by atoms with van der Waals surface area (Å²) in [5.74, 6) is 0. The lowest BCUT2D eigenvalue weighted by molar-refractivity contribution is 0.150. The maximum Gasteiger partial charge on any atom is 0.264 e. The van der Waals surface area contributed by atoms with E-state index in [9.17, 15) is 8.42 Å². The summed E-state index contributed by atoms with van der Waals surface area (Å²) in [5.41, 5.74) is 1.24. The van der Waals surface area contributed by atoms with Crippen LogP contribution in [0.3, 0.4) is 0 Å². The molecular formula is C13H19NO3S. The summed E-state index contributed by atoms with van der Waals surface area (Å²) in [4.78, 5) is 2.26. The molecule has 0 unspecified atom stereocenters. The summed E-state index contributed by atoms with van der Waals surface area (Å²) in [6.45, 7) is 3.73. The van der Waals surface area contributed by atoms with Gasteiger partial charge >= 0.3 is 0 Å². The normalized spacial score (nSPS) is 25.4. The van der Waals surface area contributed by atoms with Gasteiger partial charge in [-0.05, 0) is 18.9 Å². The molecule has 4 nitrogen and oxygen atoms in total. The van der Waals surface area contributed by atoms with Gasteiger partial charge < -0.3 is 0 Å². The van der Waals surface area contributed by atoms with Gasteiger partial charge in [-0.2, -0.15) is 8.42 Å². The molecule has 0 radical (unpaired) electrons. The lowest BCUT2D eigenvalue weighted by atomic mass is 10.2. The van der Waals surface area contributed by atoms with Crippen LogP contribution in [-0.4, -0.2) is 38.3 Å². The first-order valence-electron chi connectivity index (χ1n) is 6.12. The highest BCUT2D eigenvalue weighted by Gasteiger charge is 2.33. The Morgan fingerprint density at radius 2 is 2.00 bits per heavy atom. The average Bonchev–Trinajstić information content (AvgIpc) is 2.61. The van der Waals surface area contributed by atoms with Crippen LogP contribution in [-0.2, 0) is 20.8 Å². The molecule has 1 saturated heterocycles. The van der Waals surface area contributed by atoms with Crippen molar-refractivity contribution in [2.45, 2.75) is 32.0 Å². The van der Waals surface area contributed by atoms with Crippen LogP contribution in [0.25, 0.3) is 0 Å². The summed E-state index contributed by atoms with van der Waals surface area (Å²) in [6, 6.07) is 10.3. The van der Waals surface area contributed by atoms with E-state index in [1.54, 1.807) is 0 Å². The quantitative estimate of drug-likeness (QED) is 0.779. The van der Waals surface area contributed by atoms with Crippen molar-refractivity contribution in [1.29, 1.82) is 0 Å². The number of benzene rings is 1. The van der Waals surface area contributed by atoms with Crippen molar-refractivity contribution in [2.24, 2.45) is 0 Å². The zero-order valence-corrected chi connectivity index (χ0v) is 11.6. The second-order valence-corrected chi connectivity index (χ2v) is 6.42. The molecule has 0 aromatic heterocycles. The van der Waals surface area contributed by atoms with E-state index in [1.165, 1.54) is 5.56 Å². The highest BCUT2D eigenvalue weighted by Crippen LogP contribution is 2.23. The Bertz CT molecular complexity index is 486. The van der Waals surface area contributed by atoms with E-state index in [2.05, 4.69) is 17.0 Å². The Hall–Kier alpha value is -0.910. The third kappa shape index (κ3) is 3.54. The van der Waals surface area contributed by atoms with Crippen LogP contribution in [0.4, 0.5) is 0 Å². The van der Waals surface area contributed by atoms with Crippen molar-refractivity contribution in [3.8, 4) is 0 Å². The van der Waals surface area contributed by atoms with E-state index < -0.39 is 10.1 Å². The molecule has 0 saturated carbocycles. The highest BCUT2D eigenvalue weighted by atomic mass is 32.2. The second kappa shape index (κ2) is 5.38. The monoisotopic (exact) mass is 269 g/mol. The molecule has 1 aromatic carbocycles. The molecule has 1 aliphatic heterocycles. The fourth-order valence-corrected chi connectivity index (χ4v) is 3.07. The Labute approximate surface area is 109 Å².